The first-order chi connectivity index (χ1) is 8.06. The van der Waals surface area contributed by atoms with Gasteiger partial charge in [0, 0.05) is 6.04 Å². The van der Waals surface area contributed by atoms with E-state index >= 15 is 0 Å². The number of hydrogen-bond acceptors (Lipinski definition) is 1. The van der Waals surface area contributed by atoms with E-state index in [0.717, 1.165) is 17.9 Å². The minimum Gasteiger partial charge on any atom is -0.380 e. The van der Waals surface area contributed by atoms with Crippen molar-refractivity contribution >= 4 is 5.69 Å². The minimum atomic E-state index is -0.138. The van der Waals surface area contributed by atoms with Crippen LogP contribution in [0.15, 0.2) is 18.2 Å². The van der Waals surface area contributed by atoms with E-state index in [1.54, 1.807) is 6.07 Å². The fourth-order valence-electron chi connectivity index (χ4n) is 2.83. The van der Waals surface area contributed by atoms with Crippen molar-refractivity contribution in [3.8, 4) is 0 Å². The molecule has 0 saturated heterocycles. The van der Waals surface area contributed by atoms with E-state index in [9.17, 15) is 4.39 Å². The molecular weight excluding hydrogens is 213 g/mol. The number of aryl methyl sites for hydroxylation is 1. The molecule has 1 aromatic rings. The van der Waals surface area contributed by atoms with Crippen molar-refractivity contribution in [2.24, 2.45) is 11.8 Å². The molecule has 1 N–H and O–H groups in total. The summed E-state index contributed by atoms with van der Waals surface area (Å²) >= 11 is 0. The third kappa shape index (κ3) is 2.99. The molecule has 1 aliphatic rings. The zero-order chi connectivity index (χ0) is 12.4. The van der Waals surface area contributed by atoms with Crippen molar-refractivity contribution in [1.29, 1.82) is 0 Å². The van der Waals surface area contributed by atoms with Gasteiger partial charge in [-0.25, -0.2) is 4.39 Å². The summed E-state index contributed by atoms with van der Waals surface area (Å²) in [7, 11) is 0. The molecule has 2 rings (SSSR count). The highest BCUT2D eigenvalue weighted by molar-refractivity contribution is 5.48. The fourth-order valence-corrected chi connectivity index (χ4v) is 2.83. The van der Waals surface area contributed by atoms with E-state index in [-0.39, 0.29) is 5.82 Å². The van der Waals surface area contributed by atoms with E-state index in [2.05, 4.69) is 19.2 Å². The lowest BCUT2D eigenvalue weighted by Gasteiger charge is -2.34. The molecule has 0 amide bonds. The SMILES string of the molecule is Cc1ccc(F)c(NC2CCC(C)CC2C)c1. The molecule has 0 aliphatic heterocycles. The van der Waals surface area contributed by atoms with E-state index in [0.29, 0.717) is 17.6 Å². The van der Waals surface area contributed by atoms with Crippen molar-refractivity contribution < 1.29 is 4.39 Å². The van der Waals surface area contributed by atoms with Crippen LogP contribution in [0.4, 0.5) is 10.1 Å². The molecule has 17 heavy (non-hydrogen) atoms. The highest BCUT2D eigenvalue weighted by Crippen LogP contribution is 2.31. The second-order valence-electron chi connectivity index (χ2n) is 5.63. The van der Waals surface area contributed by atoms with Crippen molar-refractivity contribution in [1.82, 2.24) is 0 Å². The molecule has 0 spiro atoms. The van der Waals surface area contributed by atoms with Crippen molar-refractivity contribution in [3.05, 3.63) is 29.6 Å². The van der Waals surface area contributed by atoms with Crippen LogP contribution in [0.3, 0.4) is 0 Å². The van der Waals surface area contributed by atoms with Crippen LogP contribution in [0.2, 0.25) is 0 Å². The van der Waals surface area contributed by atoms with Crippen LogP contribution in [0, 0.1) is 24.6 Å². The summed E-state index contributed by atoms with van der Waals surface area (Å²) in [6.45, 7) is 6.57. The van der Waals surface area contributed by atoms with Crippen LogP contribution in [0.25, 0.3) is 0 Å². The Labute approximate surface area is 103 Å². The second-order valence-corrected chi connectivity index (χ2v) is 5.63. The van der Waals surface area contributed by atoms with Gasteiger partial charge in [0.05, 0.1) is 5.69 Å². The predicted octanol–water partition coefficient (Wildman–Crippen LogP) is 4.37. The highest BCUT2D eigenvalue weighted by atomic mass is 19.1. The lowest BCUT2D eigenvalue weighted by molar-refractivity contribution is 0.276. The first-order valence-electron chi connectivity index (χ1n) is 6.59. The zero-order valence-corrected chi connectivity index (χ0v) is 11.0. The first-order valence-corrected chi connectivity index (χ1v) is 6.59. The van der Waals surface area contributed by atoms with Crippen LogP contribution >= 0.6 is 0 Å². The maximum Gasteiger partial charge on any atom is 0.146 e. The quantitative estimate of drug-likeness (QED) is 0.802. The Morgan fingerprint density at radius 2 is 2.00 bits per heavy atom. The summed E-state index contributed by atoms with van der Waals surface area (Å²) in [5, 5.41) is 3.39. The van der Waals surface area contributed by atoms with Gasteiger partial charge in [0.2, 0.25) is 0 Å². The van der Waals surface area contributed by atoms with Crippen molar-refractivity contribution in [2.45, 2.75) is 46.1 Å². The lowest BCUT2D eigenvalue weighted by atomic mass is 9.80. The molecule has 1 nitrogen and oxygen atoms in total. The molecule has 0 heterocycles. The van der Waals surface area contributed by atoms with E-state index < -0.39 is 0 Å². The molecule has 1 aromatic carbocycles. The smallest absolute Gasteiger partial charge is 0.146 e. The van der Waals surface area contributed by atoms with Gasteiger partial charge in [-0.2, -0.15) is 0 Å². The summed E-state index contributed by atoms with van der Waals surface area (Å²) in [5.41, 5.74) is 1.77. The molecule has 2 heteroatoms. The van der Waals surface area contributed by atoms with E-state index in [4.69, 9.17) is 0 Å². The molecular formula is C15H22FN. The molecule has 1 saturated carbocycles. The maximum absolute atomic E-state index is 13.7. The second kappa shape index (κ2) is 5.07. The number of benzene rings is 1. The normalized spacial score (nSPS) is 29.1. The van der Waals surface area contributed by atoms with Crippen LogP contribution in [0.5, 0.6) is 0 Å². The molecule has 3 unspecified atom stereocenters. The van der Waals surface area contributed by atoms with Crippen molar-refractivity contribution in [3.63, 3.8) is 0 Å². The Morgan fingerprint density at radius 1 is 1.24 bits per heavy atom. The standard InChI is InChI=1S/C15H22FN/c1-10-5-7-14(12(3)8-10)17-15-9-11(2)4-6-13(15)16/h4,6,9-10,12,14,17H,5,7-8H2,1-3H3. The van der Waals surface area contributed by atoms with Crippen LogP contribution in [0.1, 0.15) is 38.7 Å². The number of halogens is 1. The molecule has 1 fully saturated rings. The Kier molecular flexibility index (Phi) is 3.70. The topological polar surface area (TPSA) is 12.0 Å². The van der Waals surface area contributed by atoms with E-state index in [1.165, 1.54) is 12.8 Å². The third-order valence-corrected chi connectivity index (χ3v) is 3.89. The molecule has 1 aliphatic carbocycles. The van der Waals surface area contributed by atoms with Gasteiger partial charge in [-0.3, -0.25) is 0 Å². The largest absolute Gasteiger partial charge is 0.380 e. The monoisotopic (exact) mass is 235 g/mol. The number of anilines is 1. The van der Waals surface area contributed by atoms with Gasteiger partial charge in [0.25, 0.3) is 0 Å². The van der Waals surface area contributed by atoms with E-state index in [1.807, 2.05) is 19.1 Å². The summed E-state index contributed by atoms with van der Waals surface area (Å²) in [6, 6.07) is 5.68. The maximum atomic E-state index is 13.7. The van der Waals surface area contributed by atoms with Gasteiger partial charge in [-0.15, -0.1) is 0 Å². The fraction of sp³-hybridized carbons (Fsp3) is 0.600. The van der Waals surface area contributed by atoms with Crippen molar-refractivity contribution in [2.75, 3.05) is 5.32 Å². The lowest BCUT2D eigenvalue weighted by Crippen LogP contribution is -2.33. The Balaban J connectivity index is 2.07. The highest BCUT2D eigenvalue weighted by Gasteiger charge is 2.25. The zero-order valence-electron chi connectivity index (χ0n) is 11.0. The molecule has 0 radical (unpaired) electrons. The molecule has 0 bridgehead atoms. The average molecular weight is 235 g/mol. The predicted molar refractivity (Wildman–Crippen MR) is 70.7 cm³/mol. The van der Waals surface area contributed by atoms with Crippen LogP contribution in [-0.4, -0.2) is 6.04 Å². The van der Waals surface area contributed by atoms with Gasteiger partial charge >= 0.3 is 0 Å². The van der Waals surface area contributed by atoms with Gasteiger partial charge in [0.1, 0.15) is 5.82 Å². The summed E-state index contributed by atoms with van der Waals surface area (Å²) in [5.74, 6) is 1.30. The number of rotatable bonds is 2. The number of hydrogen-bond donors (Lipinski definition) is 1. The van der Waals surface area contributed by atoms with Gasteiger partial charge in [-0.05, 0) is 55.7 Å². The third-order valence-electron chi connectivity index (χ3n) is 3.89. The minimum absolute atomic E-state index is 0.138. The van der Waals surface area contributed by atoms with Crippen LogP contribution in [-0.2, 0) is 0 Å². The average Bonchev–Trinajstić information content (AvgIpc) is 2.27. The Bertz CT molecular complexity index is 389. The number of nitrogens with one attached hydrogen (secondary N) is 1. The van der Waals surface area contributed by atoms with Crippen LogP contribution < -0.4 is 5.32 Å². The van der Waals surface area contributed by atoms with Gasteiger partial charge < -0.3 is 5.32 Å². The molecule has 3 atom stereocenters. The Hall–Kier alpha value is -1.05. The van der Waals surface area contributed by atoms with Gasteiger partial charge in [-0.1, -0.05) is 19.9 Å². The summed E-state index contributed by atoms with van der Waals surface area (Å²) < 4.78 is 13.7. The Morgan fingerprint density at radius 3 is 2.71 bits per heavy atom. The summed E-state index contributed by atoms with van der Waals surface area (Å²) in [4.78, 5) is 0. The molecule has 94 valence electrons. The van der Waals surface area contributed by atoms with Gasteiger partial charge in [0.15, 0.2) is 0 Å². The first kappa shape index (κ1) is 12.4. The molecule has 0 aromatic heterocycles. The summed E-state index contributed by atoms with van der Waals surface area (Å²) in [6.07, 6.45) is 3.64.